The van der Waals surface area contributed by atoms with Crippen LogP contribution in [0, 0.1) is 0 Å². The highest BCUT2D eigenvalue weighted by Crippen LogP contribution is 2.27. The second-order valence-electron chi connectivity index (χ2n) is 5.38. The Morgan fingerprint density at radius 1 is 1.36 bits per heavy atom. The van der Waals surface area contributed by atoms with E-state index in [9.17, 15) is 9.59 Å². The molecule has 1 aromatic rings. The van der Waals surface area contributed by atoms with E-state index < -0.39 is 5.97 Å². The van der Waals surface area contributed by atoms with Gasteiger partial charge in [-0.05, 0) is 37.6 Å². The van der Waals surface area contributed by atoms with Crippen LogP contribution in [0.4, 0.5) is 0 Å². The Kier molecular flexibility index (Phi) is 5.67. The first-order valence-corrected chi connectivity index (χ1v) is 7.88. The number of rotatable bonds is 6. The summed E-state index contributed by atoms with van der Waals surface area (Å²) >= 11 is 11.9. The van der Waals surface area contributed by atoms with E-state index in [4.69, 9.17) is 28.3 Å². The van der Waals surface area contributed by atoms with Crippen molar-refractivity contribution in [3.8, 4) is 0 Å². The number of hydrogen-bond acceptors (Lipinski definition) is 3. The van der Waals surface area contributed by atoms with Crippen LogP contribution in [0.2, 0.25) is 10.0 Å². The normalized spacial score (nSPS) is 20.5. The van der Waals surface area contributed by atoms with Crippen LogP contribution in [0.15, 0.2) is 18.2 Å². The maximum Gasteiger partial charge on any atom is 0.317 e. The summed E-state index contributed by atoms with van der Waals surface area (Å²) in [7, 11) is 0. The molecule has 22 heavy (non-hydrogen) atoms. The fraction of sp³-hybridized carbons (Fsp3) is 0.467. The van der Waals surface area contributed by atoms with Gasteiger partial charge in [0.05, 0.1) is 17.1 Å². The van der Waals surface area contributed by atoms with Crippen LogP contribution in [0.1, 0.15) is 30.1 Å². The van der Waals surface area contributed by atoms with Crippen molar-refractivity contribution in [3.05, 3.63) is 33.8 Å². The van der Waals surface area contributed by atoms with E-state index in [-0.39, 0.29) is 24.5 Å². The van der Waals surface area contributed by atoms with Crippen LogP contribution in [0.25, 0.3) is 0 Å². The third kappa shape index (κ3) is 4.12. The molecule has 1 amide bonds. The van der Waals surface area contributed by atoms with Crippen LogP contribution in [0.3, 0.4) is 0 Å². The zero-order chi connectivity index (χ0) is 16.3. The number of hydrogen-bond donors (Lipinski definition) is 2. The summed E-state index contributed by atoms with van der Waals surface area (Å²) in [4.78, 5) is 24.9. The number of amides is 1. The van der Waals surface area contributed by atoms with Gasteiger partial charge in [-0.15, -0.1) is 0 Å². The fourth-order valence-electron chi connectivity index (χ4n) is 2.61. The third-order valence-electron chi connectivity index (χ3n) is 3.88. The van der Waals surface area contributed by atoms with Crippen molar-refractivity contribution in [2.45, 2.75) is 31.8 Å². The molecule has 1 aromatic carbocycles. The first kappa shape index (κ1) is 17.1. The number of carboxylic acids is 1. The Bertz CT molecular complexity index is 574. The second kappa shape index (κ2) is 7.31. The van der Waals surface area contributed by atoms with Gasteiger partial charge < -0.3 is 10.4 Å². The van der Waals surface area contributed by atoms with Gasteiger partial charge in [0.15, 0.2) is 0 Å². The maximum atomic E-state index is 12.2. The molecule has 1 fully saturated rings. The predicted octanol–water partition coefficient (Wildman–Crippen LogP) is 2.66. The lowest BCUT2D eigenvalue weighted by Gasteiger charge is -2.42. The number of nitrogens with one attached hydrogen (secondary N) is 1. The average Bonchev–Trinajstić information content (AvgIpc) is 2.42. The van der Waals surface area contributed by atoms with Crippen LogP contribution in [0.5, 0.6) is 0 Å². The first-order chi connectivity index (χ1) is 10.4. The number of halogens is 2. The summed E-state index contributed by atoms with van der Waals surface area (Å²) in [6, 6.07) is 4.99. The lowest BCUT2D eigenvalue weighted by molar-refractivity contribution is -0.139. The number of nitrogens with zero attached hydrogens (tertiary/aromatic N) is 1. The van der Waals surface area contributed by atoms with Gasteiger partial charge in [0.2, 0.25) is 0 Å². The molecule has 1 saturated carbocycles. The van der Waals surface area contributed by atoms with E-state index in [1.807, 2.05) is 11.8 Å². The lowest BCUT2D eigenvalue weighted by Crippen LogP contribution is -2.54. The number of aliphatic carboxylic acids is 1. The molecule has 5 nitrogen and oxygen atoms in total. The average molecular weight is 345 g/mol. The van der Waals surface area contributed by atoms with Crippen LogP contribution in [-0.4, -0.2) is 47.1 Å². The smallest absolute Gasteiger partial charge is 0.317 e. The van der Waals surface area contributed by atoms with E-state index in [1.54, 1.807) is 12.1 Å². The minimum atomic E-state index is -0.833. The summed E-state index contributed by atoms with van der Waals surface area (Å²) in [6.45, 7) is 2.64. The molecule has 1 aliphatic rings. The molecule has 0 aliphatic heterocycles. The van der Waals surface area contributed by atoms with E-state index in [0.717, 1.165) is 12.8 Å². The first-order valence-electron chi connectivity index (χ1n) is 7.12. The number of carboxylic acid groups (broad SMARTS) is 1. The van der Waals surface area contributed by atoms with Gasteiger partial charge in [-0.1, -0.05) is 30.1 Å². The van der Waals surface area contributed by atoms with Crippen LogP contribution < -0.4 is 5.32 Å². The van der Waals surface area contributed by atoms with Crippen LogP contribution in [-0.2, 0) is 4.79 Å². The van der Waals surface area contributed by atoms with Gasteiger partial charge in [-0.25, -0.2) is 0 Å². The van der Waals surface area contributed by atoms with Crippen molar-refractivity contribution >= 4 is 35.1 Å². The van der Waals surface area contributed by atoms with Crippen molar-refractivity contribution in [3.63, 3.8) is 0 Å². The zero-order valence-electron chi connectivity index (χ0n) is 12.2. The highest BCUT2D eigenvalue weighted by molar-refractivity contribution is 6.35. The topological polar surface area (TPSA) is 69.6 Å². The minimum absolute atomic E-state index is 0.0297. The Morgan fingerprint density at radius 2 is 2.05 bits per heavy atom. The number of benzene rings is 1. The highest BCUT2D eigenvalue weighted by Gasteiger charge is 2.34. The zero-order valence-corrected chi connectivity index (χ0v) is 13.7. The number of likely N-dealkylation sites (N-methyl/N-ethyl adjacent to an activating group) is 1. The Hall–Kier alpha value is -1.30. The molecule has 2 rings (SSSR count). The number of carbonyl (C=O) groups excluding carboxylic acids is 1. The summed E-state index contributed by atoms with van der Waals surface area (Å²) in [5.74, 6) is -1.09. The second-order valence-corrected chi connectivity index (χ2v) is 6.22. The minimum Gasteiger partial charge on any atom is -0.480 e. The van der Waals surface area contributed by atoms with Crippen molar-refractivity contribution in [1.82, 2.24) is 10.2 Å². The monoisotopic (exact) mass is 344 g/mol. The SMILES string of the molecule is CCN(CC(=O)O)C1CC(NC(=O)c2cc(Cl)ccc2Cl)C1. The van der Waals surface area contributed by atoms with E-state index in [1.165, 1.54) is 6.07 Å². The van der Waals surface area contributed by atoms with Gasteiger partial charge in [0.1, 0.15) is 0 Å². The molecule has 0 radical (unpaired) electrons. The Balaban J connectivity index is 1.88. The summed E-state index contributed by atoms with van der Waals surface area (Å²) in [6.07, 6.45) is 1.48. The predicted molar refractivity (Wildman–Crippen MR) is 85.6 cm³/mol. The maximum absolute atomic E-state index is 12.2. The molecule has 2 N–H and O–H groups in total. The molecule has 7 heteroatoms. The molecular formula is C15H18Cl2N2O3. The molecule has 0 aromatic heterocycles. The van der Waals surface area contributed by atoms with Crippen molar-refractivity contribution in [1.29, 1.82) is 0 Å². The highest BCUT2D eigenvalue weighted by atomic mass is 35.5. The quantitative estimate of drug-likeness (QED) is 0.832. The molecule has 0 bridgehead atoms. The molecular weight excluding hydrogens is 327 g/mol. The fourth-order valence-corrected chi connectivity index (χ4v) is 2.99. The Morgan fingerprint density at radius 3 is 2.64 bits per heavy atom. The van der Waals surface area contributed by atoms with Crippen molar-refractivity contribution in [2.75, 3.05) is 13.1 Å². The van der Waals surface area contributed by atoms with E-state index in [0.29, 0.717) is 22.2 Å². The van der Waals surface area contributed by atoms with Gasteiger partial charge in [0.25, 0.3) is 5.91 Å². The molecule has 0 atom stereocenters. The lowest BCUT2D eigenvalue weighted by atomic mass is 9.85. The summed E-state index contributed by atoms with van der Waals surface area (Å²) < 4.78 is 0. The van der Waals surface area contributed by atoms with Crippen molar-refractivity contribution in [2.24, 2.45) is 0 Å². The Labute approximate surface area is 139 Å². The van der Waals surface area contributed by atoms with E-state index in [2.05, 4.69) is 5.32 Å². The largest absolute Gasteiger partial charge is 0.480 e. The molecule has 1 aliphatic carbocycles. The standard InChI is InChI=1S/C15H18Cl2N2O3/c1-2-19(8-14(20)21)11-6-10(7-11)18-15(22)12-5-9(16)3-4-13(12)17/h3-5,10-11H,2,6-8H2,1H3,(H,18,22)(H,20,21). The van der Waals surface area contributed by atoms with Gasteiger partial charge in [0, 0.05) is 17.1 Å². The molecule has 0 saturated heterocycles. The van der Waals surface area contributed by atoms with Gasteiger partial charge in [-0.2, -0.15) is 0 Å². The number of carbonyl (C=O) groups is 2. The molecule has 0 spiro atoms. The summed E-state index contributed by atoms with van der Waals surface area (Å²) in [5, 5.41) is 12.6. The summed E-state index contributed by atoms with van der Waals surface area (Å²) in [5.41, 5.74) is 0.357. The van der Waals surface area contributed by atoms with Crippen LogP contribution >= 0.6 is 23.2 Å². The van der Waals surface area contributed by atoms with Gasteiger partial charge >= 0.3 is 5.97 Å². The molecule has 0 unspecified atom stereocenters. The van der Waals surface area contributed by atoms with E-state index >= 15 is 0 Å². The van der Waals surface area contributed by atoms with Gasteiger partial charge in [-0.3, -0.25) is 14.5 Å². The molecule has 0 heterocycles. The third-order valence-corrected chi connectivity index (χ3v) is 4.45. The molecule has 120 valence electrons. The van der Waals surface area contributed by atoms with Crippen molar-refractivity contribution < 1.29 is 14.7 Å².